The number of hydrogen-bond donors (Lipinski definition) is 1. The Labute approximate surface area is 143 Å². The first kappa shape index (κ1) is 16.2. The van der Waals surface area contributed by atoms with Gasteiger partial charge >= 0.3 is 5.56 Å². The Bertz CT molecular complexity index is 982. The minimum atomic E-state index is -0.653. The Balaban J connectivity index is 2.11. The molecule has 1 heterocycles. The molecule has 3 aromatic rings. The number of nitrogens with one attached hydrogen (secondary N) is 1. The zero-order valence-corrected chi connectivity index (χ0v) is 13.3. The second kappa shape index (κ2) is 7.27. The molecule has 0 bridgehead atoms. The molecule has 0 aliphatic rings. The standard InChI is InChI=1S/C18H15N5O2/c19-12-7-13-22-16(17(24)20-14-8-3-1-4-9-14)18(25)23(21-22)15-10-5-2-6-11-15/h1-6,8-11H,7,13H2,(H-,20,21,24,25). The second-order valence-electron chi connectivity index (χ2n) is 5.24. The summed E-state index contributed by atoms with van der Waals surface area (Å²) < 4.78 is 2.64. The van der Waals surface area contributed by atoms with Crippen LogP contribution in [0.1, 0.15) is 12.1 Å². The number of para-hydroxylation sites is 2. The number of nitriles is 1. The second-order valence-corrected chi connectivity index (χ2v) is 5.24. The van der Waals surface area contributed by atoms with Gasteiger partial charge in [-0.15, -0.1) is 0 Å². The number of H-pyrrole nitrogens is 1. The number of aromatic nitrogens is 3. The van der Waals surface area contributed by atoms with Gasteiger partial charge in [0.1, 0.15) is 6.54 Å². The Hall–Kier alpha value is -3.66. The molecule has 0 fully saturated rings. The summed E-state index contributed by atoms with van der Waals surface area (Å²) in [4.78, 5) is 16.7. The van der Waals surface area contributed by atoms with Gasteiger partial charge in [0.05, 0.1) is 18.2 Å². The van der Waals surface area contributed by atoms with Crippen molar-refractivity contribution in [3.05, 3.63) is 76.7 Å². The molecule has 0 unspecified atom stereocenters. The summed E-state index contributed by atoms with van der Waals surface area (Å²) in [5.74, 6) is -0.653. The average molecular weight is 333 g/mol. The highest BCUT2D eigenvalue weighted by Crippen LogP contribution is 2.10. The molecule has 0 aliphatic heterocycles. The summed E-state index contributed by atoms with van der Waals surface area (Å²) in [7, 11) is 0. The molecule has 0 amide bonds. The first-order valence-electron chi connectivity index (χ1n) is 7.69. The lowest BCUT2D eigenvalue weighted by Crippen LogP contribution is -2.46. The van der Waals surface area contributed by atoms with E-state index in [2.05, 4.69) is 10.2 Å². The van der Waals surface area contributed by atoms with Crippen LogP contribution in [-0.4, -0.2) is 15.8 Å². The van der Waals surface area contributed by atoms with Gasteiger partial charge in [-0.3, -0.25) is 4.99 Å². The maximum atomic E-state index is 12.7. The molecule has 0 saturated carbocycles. The van der Waals surface area contributed by atoms with Gasteiger partial charge in [0.15, 0.2) is 5.69 Å². The number of aryl methyl sites for hydroxylation is 1. The van der Waals surface area contributed by atoms with E-state index in [1.54, 1.807) is 48.5 Å². The van der Waals surface area contributed by atoms with E-state index >= 15 is 0 Å². The number of hydrogen-bond acceptors (Lipinski definition) is 4. The topological polar surface area (TPSA) is 101 Å². The van der Waals surface area contributed by atoms with Crippen molar-refractivity contribution in [3.8, 4) is 11.8 Å². The number of aliphatic imine (C=N–C) groups is 1. The maximum absolute atomic E-state index is 12.7. The summed E-state index contributed by atoms with van der Waals surface area (Å²) in [5, 5.41) is 24.2. The Kier molecular flexibility index (Phi) is 4.72. The highest BCUT2D eigenvalue weighted by atomic mass is 16.3. The summed E-state index contributed by atoms with van der Waals surface area (Å²) in [6.45, 7) is 0.191. The fourth-order valence-corrected chi connectivity index (χ4v) is 2.39. The predicted octanol–water partition coefficient (Wildman–Crippen LogP) is 0.805. The highest BCUT2D eigenvalue weighted by molar-refractivity contribution is 5.88. The lowest BCUT2D eigenvalue weighted by Gasteiger charge is -2.06. The van der Waals surface area contributed by atoms with Crippen LogP contribution >= 0.6 is 0 Å². The van der Waals surface area contributed by atoms with Crippen LogP contribution in [-0.2, 0) is 6.54 Å². The first-order chi connectivity index (χ1) is 12.2. The van der Waals surface area contributed by atoms with Crippen LogP contribution in [0.4, 0.5) is 5.69 Å². The summed E-state index contributed by atoms with van der Waals surface area (Å²) in [6, 6.07) is 19.6. The van der Waals surface area contributed by atoms with Gasteiger partial charge in [0.25, 0.3) is 0 Å². The van der Waals surface area contributed by atoms with E-state index in [0.29, 0.717) is 11.4 Å². The smallest absolute Gasteiger partial charge is 0.406 e. The third kappa shape index (κ3) is 3.48. The molecule has 1 N–H and O–H groups in total. The van der Waals surface area contributed by atoms with E-state index < -0.39 is 11.5 Å². The molecule has 7 nitrogen and oxygen atoms in total. The number of rotatable bonds is 5. The SMILES string of the molecule is N#CCC[n+]1[nH]n(-c2ccccc2)c(=O)c1C([O-])=Nc1ccccc1. The molecule has 124 valence electrons. The van der Waals surface area contributed by atoms with Crippen molar-refractivity contribution in [3.63, 3.8) is 0 Å². The van der Waals surface area contributed by atoms with Gasteiger partial charge in [-0.25, -0.2) is 4.79 Å². The van der Waals surface area contributed by atoms with Crippen LogP contribution in [0.25, 0.3) is 5.69 Å². The zero-order valence-electron chi connectivity index (χ0n) is 13.3. The van der Waals surface area contributed by atoms with Gasteiger partial charge in [-0.2, -0.15) is 9.94 Å². The highest BCUT2D eigenvalue weighted by Gasteiger charge is 2.23. The number of aromatic amines is 1. The summed E-state index contributed by atoms with van der Waals surface area (Å²) in [6.07, 6.45) is 0.158. The van der Waals surface area contributed by atoms with Gasteiger partial charge in [0.2, 0.25) is 5.69 Å². The molecule has 0 atom stereocenters. The Morgan fingerprint density at radius 2 is 1.80 bits per heavy atom. The van der Waals surface area contributed by atoms with Crippen LogP contribution in [0.5, 0.6) is 0 Å². The molecule has 2 aromatic carbocycles. The monoisotopic (exact) mass is 333 g/mol. The molecule has 7 heteroatoms. The average Bonchev–Trinajstić information content (AvgIpc) is 2.98. The molecular weight excluding hydrogens is 318 g/mol. The molecule has 25 heavy (non-hydrogen) atoms. The minimum absolute atomic E-state index is 0.108. The van der Waals surface area contributed by atoms with Crippen molar-refractivity contribution >= 4 is 11.6 Å². The van der Waals surface area contributed by atoms with Gasteiger partial charge in [-0.05, 0) is 24.3 Å². The third-order valence-corrected chi connectivity index (χ3v) is 3.55. The van der Waals surface area contributed by atoms with Crippen LogP contribution in [0, 0.1) is 11.3 Å². The normalized spacial score (nSPS) is 11.2. The quantitative estimate of drug-likeness (QED) is 0.424. The Morgan fingerprint density at radius 1 is 1.16 bits per heavy atom. The number of nitrogens with zero attached hydrogens (tertiary/aromatic N) is 4. The zero-order chi connectivity index (χ0) is 17.6. The first-order valence-corrected chi connectivity index (χ1v) is 7.69. The predicted molar refractivity (Wildman–Crippen MR) is 89.5 cm³/mol. The molecule has 1 aromatic heterocycles. The third-order valence-electron chi connectivity index (χ3n) is 3.55. The molecule has 0 spiro atoms. The van der Waals surface area contributed by atoms with E-state index in [4.69, 9.17) is 5.26 Å². The van der Waals surface area contributed by atoms with E-state index in [9.17, 15) is 9.90 Å². The van der Waals surface area contributed by atoms with Crippen molar-refractivity contribution in [2.45, 2.75) is 13.0 Å². The lowest BCUT2D eigenvalue weighted by atomic mass is 10.3. The molecular formula is C18H15N5O2. The van der Waals surface area contributed by atoms with Gasteiger partial charge < -0.3 is 5.11 Å². The van der Waals surface area contributed by atoms with Gasteiger partial charge in [0, 0.05) is 5.90 Å². The fourth-order valence-electron chi connectivity index (χ4n) is 2.39. The van der Waals surface area contributed by atoms with E-state index in [0.717, 1.165) is 0 Å². The fraction of sp³-hybridized carbons (Fsp3) is 0.111. The number of benzene rings is 2. The minimum Gasteiger partial charge on any atom is -0.855 e. The van der Waals surface area contributed by atoms with Crippen LogP contribution in [0.15, 0.2) is 70.5 Å². The van der Waals surface area contributed by atoms with Crippen molar-refractivity contribution in [1.82, 2.24) is 9.90 Å². The molecule has 0 saturated heterocycles. The summed E-state index contributed by atoms with van der Waals surface area (Å²) >= 11 is 0. The van der Waals surface area contributed by atoms with E-state index in [1.807, 2.05) is 18.2 Å². The largest absolute Gasteiger partial charge is 0.855 e. The van der Waals surface area contributed by atoms with Crippen LogP contribution < -0.4 is 15.3 Å². The van der Waals surface area contributed by atoms with Gasteiger partial charge in [-0.1, -0.05) is 46.3 Å². The van der Waals surface area contributed by atoms with Crippen molar-refractivity contribution in [2.75, 3.05) is 0 Å². The Morgan fingerprint density at radius 3 is 2.44 bits per heavy atom. The molecule has 0 aliphatic carbocycles. The summed E-state index contributed by atoms with van der Waals surface area (Å²) in [5.41, 5.74) is 0.444. The lowest BCUT2D eigenvalue weighted by molar-refractivity contribution is -0.756. The maximum Gasteiger partial charge on any atom is 0.406 e. The molecule has 0 radical (unpaired) electrons. The van der Waals surface area contributed by atoms with E-state index in [1.165, 1.54) is 9.36 Å². The van der Waals surface area contributed by atoms with Crippen molar-refractivity contribution in [2.24, 2.45) is 4.99 Å². The van der Waals surface area contributed by atoms with Crippen LogP contribution in [0.3, 0.4) is 0 Å². The van der Waals surface area contributed by atoms with Crippen LogP contribution in [0.2, 0.25) is 0 Å². The molecule has 3 rings (SSSR count). The van der Waals surface area contributed by atoms with Crippen molar-refractivity contribution < 1.29 is 9.79 Å². The van der Waals surface area contributed by atoms with E-state index in [-0.39, 0.29) is 18.7 Å². The van der Waals surface area contributed by atoms with Crippen molar-refractivity contribution in [1.29, 1.82) is 5.26 Å².